The van der Waals surface area contributed by atoms with E-state index in [4.69, 9.17) is 19.4 Å². The summed E-state index contributed by atoms with van der Waals surface area (Å²) in [6.45, 7) is 0. The van der Waals surface area contributed by atoms with Crippen LogP contribution in [0.15, 0.2) is 217 Å². The first kappa shape index (κ1) is 35.8. The van der Waals surface area contributed by atoms with Crippen molar-refractivity contribution in [1.29, 1.82) is 0 Å². The third-order valence-electron chi connectivity index (χ3n) is 13.4. The van der Waals surface area contributed by atoms with Crippen molar-refractivity contribution in [2.24, 2.45) is 0 Å². The Kier molecular flexibility index (Phi) is 7.65. The molecule has 0 saturated carbocycles. The van der Waals surface area contributed by atoms with Gasteiger partial charge in [-0.3, -0.25) is 0 Å². The molecule has 0 saturated heterocycles. The van der Waals surface area contributed by atoms with Crippen LogP contribution in [0.5, 0.6) is 0 Å². The van der Waals surface area contributed by atoms with Crippen molar-refractivity contribution in [2.75, 3.05) is 0 Å². The number of rotatable bonds is 5. The molecule has 2 aromatic heterocycles. The minimum Gasteiger partial charge on any atom is -0.456 e. The molecule has 4 heteroatoms. The van der Waals surface area contributed by atoms with Gasteiger partial charge < -0.3 is 4.42 Å². The van der Waals surface area contributed by atoms with Gasteiger partial charge in [0, 0.05) is 27.5 Å². The number of fused-ring (bicyclic) bond motifs is 5. The molecular weight excluding hydrogens is 791 g/mol. The summed E-state index contributed by atoms with van der Waals surface area (Å²) in [5.41, 5.74) is 9.09. The van der Waals surface area contributed by atoms with Gasteiger partial charge in [-0.25, -0.2) is 15.0 Å². The third kappa shape index (κ3) is 5.61. The smallest absolute Gasteiger partial charge is 0.164 e. The van der Waals surface area contributed by atoms with Crippen molar-refractivity contribution in [3.8, 4) is 56.4 Å². The van der Waals surface area contributed by atoms with Crippen LogP contribution < -0.4 is 0 Å². The van der Waals surface area contributed by atoms with Crippen LogP contribution >= 0.6 is 0 Å². The quantitative estimate of drug-likeness (QED) is 0.162. The van der Waals surface area contributed by atoms with Gasteiger partial charge in [0.2, 0.25) is 0 Å². The molecule has 14 aromatic rings. The Hall–Kier alpha value is -8.73. The van der Waals surface area contributed by atoms with Crippen LogP contribution in [0, 0.1) is 0 Å². The number of para-hydroxylation sites is 1. The molecule has 0 bridgehead atoms. The van der Waals surface area contributed by atoms with Gasteiger partial charge >= 0.3 is 0 Å². The number of hydrogen-bond acceptors (Lipinski definition) is 4. The molecule has 0 N–H and O–H groups in total. The summed E-state index contributed by atoms with van der Waals surface area (Å²) in [4.78, 5) is 15.1. The molecule has 0 radical (unpaired) electrons. The molecule has 4 nitrogen and oxygen atoms in total. The van der Waals surface area contributed by atoms with E-state index in [1.54, 1.807) is 0 Å². The lowest BCUT2D eigenvalue weighted by Crippen LogP contribution is -2.00. The predicted octanol–water partition coefficient (Wildman–Crippen LogP) is 16.5. The van der Waals surface area contributed by atoms with Gasteiger partial charge in [-0.1, -0.05) is 176 Å². The number of hydrogen-bond donors (Lipinski definition) is 0. The maximum Gasteiger partial charge on any atom is 0.164 e. The van der Waals surface area contributed by atoms with Gasteiger partial charge in [-0.15, -0.1) is 0 Å². The molecule has 0 aliphatic rings. The Labute approximate surface area is 373 Å². The first-order chi connectivity index (χ1) is 32.2. The zero-order valence-corrected chi connectivity index (χ0v) is 35.0. The van der Waals surface area contributed by atoms with Crippen molar-refractivity contribution < 1.29 is 4.42 Å². The highest BCUT2D eigenvalue weighted by Gasteiger charge is 2.18. The molecule has 2 heterocycles. The maximum atomic E-state index is 6.13. The Morgan fingerprint density at radius 2 is 0.646 bits per heavy atom. The lowest BCUT2D eigenvalue weighted by molar-refractivity contribution is 0.669. The maximum absolute atomic E-state index is 6.13. The second kappa shape index (κ2) is 13.9. The van der Waals surface area contributed by atoms with E-state index in [0.29, 0.717) is 17.5 Å². The van der Waals surface area contributed by atoms with Gasteiger partial charge in [-0.05, 0) is 123 Å². The summed E-state index contributed by atoms with van der Waals surface area (Å²) >= 11 is 0. The lowest BCUT2D eigenvalue weighted by atomic mass is 9.86. The normalized spacial score (nSPS) is 12.0. The van der Waals surface area contributed by atoms with Gasteiger partial charge in [0.05, 0.1) is 0 Å². The summed E-state index contributed by atoms with van der Waals surface area (Å²) in [5, 5.41) is 17.5. The first-order valence-corrected chi connectivity index (χ1v) is 22.1. The van der Waals surface area contributed by atoms with E-state index < -0.39 is 0 Å². The molecule has 0 unspecified atom stereocenters. The summed E-state index contributed by atoms with van der Waals surface area (Å²) in [6.07, 6.45) is 0. The summed E-state index contributed by atoms with van der Waals surface area (Å²) in [6, 6.07) is 76.1. The second-order valence-electron chi connectivity index (χ2n) is 17.1. The van der Waals surface area contributed by atoms with Crippen molar-refractivity contribution in [1.82, 2.24) is 15.0 Å². The topological polar surface area (TPSA) is 51.8 Å². The van der Waals surface area contributed by atoms with E-state index in [9.17, 15) is 0 Å². The van der Waals surface area contributed by atoms with E-state index in [2.05, 4.69) is 152 Å². The lowest BCUT2D eigenvalue weighted by Gasteiger charge is -2.17. The third-order valence-corrected chi connectivity index (χ3v) is 13.4. The monoisotopic (exact) mass is 825 g/mol. The Morgan fingerprint density at radius 1 is 0.231 bits per heavy atom. The van der Waals surface area contributed by atoms with E-state index in [0.717, 1.165) is 49.8 Å². The van der Waals surface area contributed by atoms with Crippen LogP contribution in [0.25, 0.3) is 143 Å². The van der Waals surface area contributed by atoms with Crippen LogP contribution in [0.3, 0.4) is 0 Å². The molecule has 0 aliphatic heterocycles. The molecule has 0 spiro atoms. The molecule has 14 rings (SSSR count). The zero-order valence-electron chi connectivity index (χ0n) is 35.0. The summed E-state index contributed by atoms with van der Waals surface area (Å²) < 4.78 is 6.13. The molecule has 0 atom stereocenters. The Balaban J connectivity index is 0.860. The molecule has 0 fully saturated rings. The van der Waals surface area contributed by atoms with E-state index in [-0.39, 0.29) is 0 Å². The highest BCUT2D eigenvalue weighted by Crippen LogP contribution is 2.45. The van der Waals surface area contributed by atoms with Gasteiger partial charge in [0.1, 0.15) is 11.2 Å². The van der Waals surface area contributed by atoms with Gasteiger partial charge in [0.25, 0.3) is 0 Å². The summed E-state index contributed by atoms with van der Waals surface area (Å²) in [5.74, 6) is 1.86. The van der Waals surface area contributed by atoms with Crippen LogP contribution in [0.4, 0.5) is 0 Å². The molecule has 0 aliphatic carbocycles. The molecular formula is C61H35N3O. The molecule has 0 amide bonds. The number of furan rings is 1. The largest absolute Gasteiger partial charge is 0.456 e. The second-order valence-corrected chi connectivity index (χ2v) is 17.1. The van der Waals surface area contributed by atoms with Crippen LogP contribution in [0.1, 0.15) is 0 Å². The minimum atomic E-state index is 0.613. The Bertz CT molecular complexity index is 4200. The number of aromatic nitrogens is 3. The SMILES string of the molecule is c1ccc(-c2nc(-c3ccc(-c4ccc(-c5cc6ccc7cccc8c9cccc%10ccc%11cccc(c(c5)c6c78)c%11c%109)cc4)cc3)nc(-c3ccc4oc5ccccc5c4c3)n2)cc1. The number of nitrogens with zero attached hydrogens (tertiary/aromatic N) is 3. The highest BCUT2D eigenvalue weighted by atomic mass is 16.3. The fourth-order valence-corrected chi connectivity index (χ4v) is 10.3. The number of benzene rings is 11. The van der Waals surface area contributed by atoms with Crippen molar-refractivity contribution in [2.45, 2.75) is 0 Å². The van der Waals surface area contributed by atoms with Crippen molar-refractivity contribution >= 4 is 86.6 Å². The van der Waals surface area contributed by atoms with E-state index in [1.807, 2.05) is 60.7 Å². The van der Waals surface area contributed by atoms with Gasteiger partial charge in [0.15, 0.2) is 17.5 Å². The zero-order chi connectivity index (χ0) is 42.6. The minimum absolute atomic E-state index is 0.613. The van der Waals surface area contributed by atoms with Crippen molar-refractivity contribution in [3.05, 3.63) is 212 Å². The van der Waals surface area contributed by atoms with E-state index >= 15 is 0 Å². The molecule has 300 valence electrons. The van der Waals surface area contributed by atoms with Crippen LogP contribution in [-0.2, 0) is 0 Å². The van der Waals surface area contributed by atoms with E-state index in [1.165, 1.54) is 75.8 Å². The van der Waals surface area contributed by atoms with Crippen LogP contribution in [-0.4, -0.2) is 15.0 Å². The van der Waals surface area contributed by atoms with Crippen LogP contribution in [0.2, 0.25) is 0 Å². The fourth-order valence-electron chi connectivity index (χ4n) is 10.3. The molecule has 65 heavy (non-hydrogen) atoms. The standard InChI is InChI=1S/C61H35N3O/c1-2-9-42(10-3-1)59-62-60(64-61(63-59)45-31-32-54-51(34-45)47-14-4-5-18-53(47)65-54)43-28-23-37(24-29-43)36-19-21-38(22-20-36)46-33-44-30-27-41-12-7-16-49-48-15-6-11-39-25-26-40-13-8-17-50(57(40)55(39)48)52(35-46)58(44)56(41)49/h1-35H. The van der Waals surface area contributed by atoms with Crippen molar-refractivity contribution in [3.63, 3.8) is 0 Å². The molecule has 12 aromatic carbocycles. The predicted molar refractivity (Wildman–Crippen MR) is 271 cm³/mol. The Morgan fingerprint density at radius 3 is 1.26 bits per heavy atom. The summed E-state index contributed by atoms with van der Waals surface area (Å²) in [7, 11) is 0. The van der Waals surface area contributed by atoms with Gasteiger partial charge in [-0.2, -0.15) is 0 Å². The average molecular weight is 826 g/mol. The fraction of sp³-hybridized carbons (Fsp3) is 0. The first-order valence-electron chi connectivity index (χ1n) is 22.1. The average Bonchev–Trinajstić information content (AvgIpc) is 3.75. The highest BCUT2D eigenvalue weighted by molar-refractivity contribution is 6.37.